The molecule has 8 aromatic rings. The average molecular weight is 1740 g/mol. The number of fused-ring (bicyclic) bond motifs is 1. The van der Waals surface area contributed by atoms with Gasteiger partial charge in [-0.3, -0.25) is 44.9 Å². The predicted molar refractivity (Wildman–Crippen MR) is 498 cm³/mol. The molecule has 0 unspecified atom stereocenters. The quantitative estimate of drug-likeness (QED) is 0.00908. The molecule has 0 saturated carbocycles. The van der Waals surface area contributed by atoms with Gasteiger partial charge >= 0.3 is 36.2 Å². The molecule has 3 saturated heterocycles. The number of methoxy groups -OCH3 is 1. The van der Waals surface area contributed by atoms with E-state index >= 15 is 0 Å². The number of nitrogens with zero attached hydrogens (tertiary/aromatic N) is 5. The smallest absolute Gasteiger partial charge is 0.411 e. The number of quaternary nitrogens is 1. The first kappa shape index (κ1) is 97.9. The second kappa shape index (κ2) is 53.4. The molecule has 4 aliphatic rings. The highest BCUT2D eigenvalue weighted by atomic mass is 16.6. The van der Waals surface area contributed by atoms with E-state index in [4.69, 9.17) is 38.3 Å². The zero-order valence-corrected chi connectivity index (χ0v) is 75.1. The van der Waals surface area contributed by atoms with Crippen LogP contribution in [0, 0.1) is 0 Å². The minimum Gasteiger partial charge on any atom is -0.496 e. The zero-order chi connectivity index (χ0) is 89.8. The number of unbranched alkanes of at least 4 members (excludes halogenated alkanes) is 11. The minimum atomic E-state index is -0.682. The lowest BCUT2D eigenvalue weighted by molar-refractivity contribution is -0.907. The third-order valence-electron chi connectivity index (χ3n) is 24.1. The lowest BCUT2D eigenvalue weighted by atomic mass is 9.99. The number of carbonyl (C=O) groups excluding carboxylic acids is 7. The Morgan fingerprint density at radius 3 is 1.24 bits per heavy atom. The van der Waals surface area contributed by atoms with Crippen LogP contribution in [0.1, 0.15) is 188 Å². The van der Waals surface area contributed by atoms with Gasteiger partial charge in [-0.15, -0.1) is 0 Å². The molecule has 24 nitrogen and oxygen atoms in total. The first-order valence-electron chi connectivity index (χ1n) is 46.0. The van der Waals surface area contributed by atoms with Crippen LogP contribution in [0.5, 0.6) is 5.75 Å². The molecular weight excluding hydrogens is 1610 g/mol. The summed E-state index contributed by atoms with van der Waals surface area (Å²) in [4.78, 5) is 109. The highest BCUT2D eigenvalue weighted by Crippen LogP contribution is 2.34. The standard InChI is InChI=1S/C44H61N3O8.C30H42N2O4.C29H29N3O4/c1-6-53-42(48)39(46-29-27-36(28-30-46)55-44(50)45-38-23-15-14-22-37(38)34-19-11-10-12-20-34)25-26-40(43(49)54-7-2)47(3,4)31-17-8-9-18-32-52-33-35-21-13-16-24-41(35)51-5;33-29(34)19-11-6-4-2-1-3-5-7-14-22-32-23-20-26(21-24-32)36-30(35)31-28-18-13-12-17-27(28)25-15-9-8-10-16-25;33-27-24-12-4-5-13-25(24)28(34)32(27)18-8-17-31-19-15-22(16-20-31)36-29(35)30-26-14-7-6-11-23(26)21-9-2-1-3-10-21/h10-16,19-24,36,39-40H,6-9,17-18,25-33H2,1-5H3;8-10,12-13,15-18,26H,1-7,11,14,19-24H2,(H,31,35)(H,33,34);1-7,9-14,22H,8,15-20H2,(H,30,35)/p+1/t39-,40+;;/m0../s1. The van der Waals surface area contributed by atoms with E-state index in [0.29, 0.717) is 99.3 Å². The molecule has 12 rings (SSSR count). The molecule has 4 heterocycles. The Labute approximate surface area is 750 Å². The number of aliphatic carboxylic acids is 1. The molecule has 0 aromatic heterocycles. The van der Waals surface area contributed by atoms with E-state index in [0.717, 1.165) is 173 Å². The number of likely N-dealkylation sites (N-methyl/N-ethyl adjacent to an activating group) is 1. The highest BCUT2D eigenvalue weighted by molar-refractivity contribution is 6.21. The van der Waals surface area contributed by atoms with E-state index in [1.807, 2.05) is 195 Å². The van der Waals surface area contributed by atoms with Crippen LogP contribution in [-0.2, 0) is 49.4 Å². The summed E-state index contributed by atoms with van der Waals surface area (Å²) >= 11 is 0. The molecule has 8 aromatic carbocycles. The number of hydrogen-bond donors (Lipinski definition) is 4. The summed E-state index contributed by atoms with van der Waals surface area (Å²) in [5, 5.41) is 17.4. The van der Waals surface area contributed by atoms with Crippen molar-refractivity contribution in [2.45, 2.75) is 199 Å². The van der Waals surface area contributed by atoms with Crippen molar-refractivity contribution in [3.63, 3.8) is 0 Å². The molecule has 3 fully saturated rings. The van der Waals surface area contributed by atoms with Crippen molar-refractivity contribution in [3.05, 3.63) is 229 Å². The van der Waals surface area contributed by atoms with Gasteiger partial charge in [0.1, 0.15) is 30.1 Å². The number of piperidine rings is 3. The number of para-hydroxylation sites is 4. The third kappa shape index (κ3) is 32.2. The topological polar surface area (TPSA) is 270 Å². The van der Waals surface area contributed by atoms with Crippen molar-refractivity contribution in [2.75, 3.05) is 122 Å². The number of carboxylic acid groups (broad SMARTS) is 1. The van der Waals surface area contributed by atoms with Crippen molar-refractivity contribution in [3.8, 4) is 39.1 Å². The number of imide groups is 1. The molecule has 680 valence electrons. The number of likely N-dealkylation sites (tertiary alicyclic amines) is 3. The van der Waals surface area contributed by atoms with Crippen molar-refractivity contribution >= 4 is 65.1 Å². The minimum absolute atomic E-state index is 0.0272. The average Bonchev–Trinajstić information content (AvgIpc) is 1.65. The lowest BCUT2D eigenvalue weighted by Gasteiger charge is -2.39. The summed E-state index contributed by atoms with van der Waals surface area (Å²) < 4.78 is 40.2. The number of esters is 2. The Bertz CT molecular complexity index is 4650. The van der Waals surface area contributed by atoms with Crippen LogP contribution in [0.15, 0.2) is 212 Å². The zero-order valence-electron chi connectivity index (χ0n) is 75.1. The summed E-state index contributed by atoms with van der Waals surface area (Å²) in [6.45, 7) is 13.2. The van der Waals surface area contributed by atoms with E-state index in [1.165, 1.54) is 43.4 Å². The third-order valence-corrected chi connectivity index (χ3v) is 24.1. The summed E-state index contributed by atoms with van der Waals surface area (Å²) in [6, 6.07) is 66.9. The fraction of sp³-hybridized carbons (Fsp3) is 0.456. The van der Waals surface area contributed by atoms with Gasteiger partial charge in [0.15, 0.2) is 6.04 Å². The number of anilines is 3. The fourth-order valence-electron chi connectivity index (χ4n) is 17.0. The second-order valence-electron chi connectivity index (χ2n) is 33.5. The van der Waals surface area contributed by atoms with Gasteiger partial charge in [-0.25, -0.2) is 19.2 Å². The van der Waals surface area contributed by atoms with Crippen LogP contribution in [0.4, 0.5) is 31.4 Å². The largest absolute Gasteiger partial charge is 0.496 e. The predicted octanol–water partition coefficient (Wildman–Crippen LogP) is 20.3. The maximum atomic E-state index is 13.4. The monoisotopic (exact) mass is 1740 g/mol. The summed E-state index contributed by atoms with van der Waals surface area (Å²) in [5.74, 6) is -0.794. The molecule has 0 bridgehead atoms. The maximum Gasteiger partial charge on any atom is 0.411 e. The SMILES string of the molecule is CCOC(=O)[C@@H](CC[C@@H](C(=O)OCC)N1CCC(OC(=O)Nc2ccccc2-c2ccccc2)CC1)[N+](C)(C)CCCCCCOCc1ccccc1OC.O=C(Nc1ccccc1-c1ccccc1)OC1CCN(CCCN2C(=O)c3ccccc3C2=O)CC1.O=C(O)CCCCCCCCCCCN1CCC(OC(=O)Nc2ccccc2-c2ccccc2)CC1. The molecular formula is C103H133N8O16+. The number of ether oxygens (including phenoxy) is 7. The van der Waals surface area contributed by atoms with Gasteiger partial charge in [0.2, 0.25) is 0 Å². The number of hydrogen-bond acceptors (Lipinski definition) is 18. The number of nitrogens with one attached hydrogen (secondary N) is 3. The first-order chi connectivity index (χ1) is 61.9. The van der Waals surface area contributed by atoms with Gasteiger partial charge in [0, 0.05) is 87.5 Å². The van der Waals surface area contributed by atoms with E-state index in [9.17, 15) is 38.4 Å². The number of benzene rings is 8. The van der Waals surface area contributed by atoms with Gasteiger partial charge < -0.3 is 52.5 Å². The Kier molecular flexibility index (Phi) is 41.1. The summed E-state index contributed by atoms with van der Waals surface area (Å²) in [5.41, 5.74) is 10.1. The molecule has 5 amide bonds. The van der Waals surface area contributed by atoms with Gasteiger partial charge in [0.05, 0.1) is 75.8 Å². The molecule has 4 N–H and O–H groups in total. The second-order valence-corrected chi connectivity index (χ2v) is 33.5. The van der Waals surface area contributed by atoms with Crippen molar-refractivity contribution in [2.24, 2.45) is 0 Å². The van der Waals surface area contributed by atoms with Crippen LogP contribution >= 0.6 is 0 Å². The molecule has 4 aliphatic heterocycles. The van der Waals surface area contributed by atoms with E-state index in [2.05, 4.69) is 44.7 Å². The van der Waals surface area contributed by atoms with Gasteiger partial charge in [-0.2, -0.15) is 0 Å². The van der Waals surface area contributed by atoms with E-state index in [1.54, 1.807) is 38.3 Å². The first-order valence-corrected chi connectivity index (χ1v) is 46.0. The number of rotatable bonds is 44. The Morgan fingerprint density at radius 1 is 0.417 bits per heavy atom. The van der Waals surface area contributed by atoms with Gasteiger partial charge in [-0.1, -0.05) is 227 Å². The Hall–Kier alpha value is -11.3. The van der Waals surface area contributed by atoms with Crippen LogP contribution in [0.25, 0.3) is 33.4 Å². The van der Waals surface area contributed by atoms with Crippen molar-refractivity contribution in [1.29, 1.82) is 0 Å². The van der Waals surface area contributed by atoms with Crippen molar-refractivity contribution in [1.82, 2.24) is 19.6 Å². The molecule has 0 radical (unpaired) electrons. The Morgan fingerprint density at radius 2 is 0.795 bits per heavy atom. The normalized spacial score (nSPS) is 15.1. The summed E-state index contributed by atoms with van der Waals surface area (Å²) in [6.07, 6.45) is 19.1. The van der Waals surface area contributed by atoms with Crippen LogP contribution in [-0.4, -0.2) is 214 Å². The highest BCUT2D eigenvalue weighted by Gasteiger charge is 2.40. The van der Waals surface area contributed by atoms with Crippen LogP contribution < -0.4 is 20.7 Å². The van der Waals surface area contributed by atoms with Crippen molar-refractivity contribution < 1.29 is 81.1 Å². The van der Waals surface area contributed by atoms with Crippen LogP contribution in [0.3, 0.4) is 0 Å². The number of carboxylic acids is 1. The number of carbonyl (C=O) groups is 8. The lowest BCUT2D eigenvalue weighted by Crippen LogP contribution is -2.55. The maximum absolute atomic E-state index is 13.4. The fourth-order valence-corrected chi connectivity index (χ4v) is 17.0. The molecule has 24 heteroatoms. The summed E-state index contributed by atoms with van der Waals surface area (Å²) in [7, 11) is 5.81. The van der Waals surface area contributed by atoms with E-state index < -0.39 is 30.2 Å². The van der Waals surface area contributed by atoms with E-state index in [-0.39, 0.29) is 54.8 Å². The molecule has 0 spiro atoms. The number of amides is 5. The molecule has 2 atom stereocenters. The van der Waals surface area contributed by atoms with Crippen LogP contribution in [0.2, 0.25) is 0 Å². The van der Waals surface area contributed by atoms with Gasteiger partial charge in [-0.05, 0) is 163 Å². The molecule has 127 heavy (non-hydrogen) atoms. The Balaban J connectivity index is 0.000000206. The van der Waals surface area contributed by atoms with Gasteiger partial charge in [0.25, 0.3) is 11.8 Å². The molecule has 0 aliphatic carbocycles.